The second-order valence-electron chi connectivity index (χ2n) is 5.60. The summed E-state index contributed by atoms with van der Waals surface area (Å²) in [6.07, 6.45) is 0. The first-order valence-corrected chi connectivity index (χ1v) is 8.55. The maximum absolute atomic E-state index is 14.2. The van der Waals surface area contributed by atoms with Gasteiger partial charge in [0.2, 0.25) is 0 Å². The molecule has 0 aliphatic carbocycles. The zero-order valence-electron chi connectivity index (χ0n) is 14.0. The normalized spacial score (nSPS) is 10.6. The van der Waals surface area contributed by atoms with Gasteiger partial charge >= 0.3 is 0 Å². The Morgan fingerprint density at radius 2 is 1.74 bits per heavy atom. The largest absolute Gasteiger partial charge is 0.495 e. The molecule has 3 nitrogen and oxygen atoms in total. The number of ether oxygens (including phenoxy) is 1. The summed E-state index contributed by atoms with van der Waals surface area (Å²) in [5, 5.41) is 2.78. The van der Waals surface area contributed by atoms with Crippen molar-refractivity contribution < 1.29 is 18.3 Å². The van der Waals surface area contributed by atoms with E-state index in [4.69, 9.17) is 27.9 Å². The van der Waals surface area contributed by atoms with Gasteiger partial charge in [0.05, 0.1) is 23.4 Å². The second kappa shape index (κ2) is 7.94. The minimum absolute atomic E-state index is 0.0973. The average molecular weight is 408 g/mol. The van der Waals surface area contributed by atoms with Gasteiger partial charge in [-0.25, -0.2) is 8.78 Å². The lowest BCUT2D eigenvalue weighted by molar-refractivity contribution is 0.102. The summed E-state index contributed by atoms with van der Waals surface area (Å²) in [7, 11) is 1.42. The molecule has 0 bridgehead atoms. The lowest BCUT2D eigenvalue weighted by Gasteiger charge is -2.13. The zero-order chi connectivity index (χ0) is 19.6. The first-order valence-electron chi connectivity index (χ1n) is 7.79. The zero-order valence-corrected chi connectivity index (χ0v) is 15.5. The molecule has 7 heteroatoms. The van der Waals surface area contributed by atoms with E-state index >= 15 is 0 Å². The maximum atomic E-state index is 14.2. The predicted molar refractivity (Wildman–Crippen MR) is 103 cm³/mol. The molecule has 0 saturated carbocycles. The van der Waals surface area contributed by atoms with E-state index in [0.29, 0.717) is 16.9 Å². The minimum Gasteiger partial charge on any atom is -0.495 e. The Bertz CT molecular complexity index is 1020. The summed E-state index contributed by atoms with van der Waals surface area (Å²) in [5.74, 6) is -1.60. The highest BCUT2D eigenvalue weighted by atomic mass is 35.5. The molecule has 27 heavy (non-hydrogen) atoms. The highest BCUT2D eigenvalue weighted by Crippen LogP contribution is 2.38. The van der Waals surface area contributed by atoms with Gasteiger partial charge in [0.25, 0.3) is 5.91 Å². The number of hydrogen-bond donors (Lipinski definition) is 1. The van der Waals surface area contributed by atoms with E-state index in [0.717, 1.165) is 6.07 Å². The molecule has 0 fully saturated rings. The number of benzene rings is 3. The molecule has 0 radical (unpaired) electrons. The van der Waals surface area contributed by atoms with Gasteiger partial charge in [0, 0.05) is 0 Å². The molecule has 0 aliphatic heterocycles. The van der Waals surface area contributed by atoms with Gasteiger partial charge in [-0.15, -0.1) is 0 Å². The maximum Gasteiger partial charge on any atom is 0.258 e. The monoisotopic (exact) mass is 407 g/mol. The minimum atomic E-state index is -0.747. The van der Waals surface area contributed by atoms with Gasteiger partial charge in [0.15, 0.2) is 0 Å². The van der Waals surface area contributed by atoms with Crippen molar-refractivity contribution in [2.24, 2.45) is 0 Å². The number of carbonyl (C=O) groups excluding carboxylic acids is 1. The first kappa shape index (κ1) is 19.1. The Labute approximate surface area is 164 Å². The SMILES string of the molecule is COc1ccc(Cl)c(NC(=O)c2cc(-c3cccc(F)c3)ccc2F)c1Cl. The van der Waals surface area contributed by atoms with Crippen LogP contribution < -0.4 is 10.1 Å². The standard InChI is InChI=1S/C20H13Cl2F2NO2/c1-27-17-8-6-15(21)19(18(17)22)25-20(26)14-10-12(5-7-16(14)24)11-3-2-4-13(23)9-11/h2-10H,1H3,(H,25,26). The van der Waals surface area contributed by atoms with E-state index in [1.54, 1.807) is 12.1 Å². The molecule has 1 N–H and O–H groups in total. The number of halogens is 4. The van der Waals surface area contributed by atoms with Crippen molar-refractivity contribution in [1.29, 1.82) is 0 Å². The van der Waals surface area contributed by atoms with Crippen LogP contribution >= 0.6 is 23.2 Å². The number of carbonyl (C=O) groups is 1. The average Bonchev–Trinajstić information content (AvgIpc) is 2.65. The van der Waals surface area contributed by atoms with Gasteiger partial charge in [-0.05, 0) is 47.5 Å². The summed E-state index contributed by atoms with van der Waals surface area (Å²) in [6.45, 7) is 0. The van der Waals surface area contributed by atoms with Gasteiger partial charge in [-0.1, -0.05) is 41.4 Å². The summed E-state index contributed by atoms with van der Waals surface area (Å²) in [5.41, 5.74) is 0.885. The fourth-order valence-corrected chi connectivity index (χ4v) is 3.08. The number of rotatable bonds is 4. The molecule has 1 amide bonds. The van der Waals surface area contributed by atoms with Crippen LogP contribution in [0.5, 0.6) is 5.75 Å². The van der Waals surface area contributed by atoms with Crippen LogP contribution in [0.2, 0.25) is 10.0 Å². The van der Waals surface area contributed by atoms with Crippen LogP contribution in [0.15, 0.2) is 54.6 Å². The van der Waals surface area contributed by atoms with Gasteiger partial charge < -0.3 is 10.1 Å². The van der Waals surface area contributed by atoms with Gasteiger partial charge in [-0.2, -0.15) is 0 Å². The fraction of sp³-hybridized carbons (Fsp3) is 0.0500. The van der Waals surface area contributed by atoms with Crippen molar-refractivity contribution >= 4 is 34.8 Å². The van der Waals surface area contributed by atoms with Crippen LogP contribution in [0.4, 0.5) is 14.5 Å². The Morgan fingerprint density at radius 3 is 2.44 bits per heavy atom. The van der Waals surface area contributed by atoms with Crippen molar-refractivity contribution in [2.75, 3.05) is 12.4 Å². The van der Waals surface area contributed by atoms with Crippen molar-refractivity contribution in [3.05, 3.63) is 81.8 Å². The molecule has 138 valence electrons. The van der Waals surface area contributed by atoms with Crippen LogP contribution in [-0.2, 0) is 0 Å². The fourth-order valence-electron chi connectivity index (χ4n) is 2.53. The van der Waals surface area contributed by atoms with E-state index in [2.05, 4.69) is 5.32 Å². The molecule has 0 spiro atoms. The molecular formula is C20H13Cl2F2NO2. The van der Waals surface area contributed by atoms with E-state index in [9.17, 15) is 13.6 Å². The van der Waals surface area contributed by atoms with Crippen LogP contribution in [0.25, 0.3) is 11.1 Å². The summed E-state index contributed by atoms with van der Waals surface area (Å²) in [4.78, 5) is 12.6. The van der Waals surface area contributed by atoms with Crippen LogP contribution in [0.1, 0.15) is 10.4 Å². The summed E-state index contributed by atoms with van der Waals surface area (Å²) >= 11 is 12.3. The molecule has 0 unspecified atom stereocenters. The van der Waals surface area contributed by atoms with Crippen LogP contribution in [0.3, 0.4) is 0 Å². The lowest BCUT2D eigenvalue weighted by Crippen LogP contribution is -2.14. The topological polar surface area (TPSA) is 38.3 Å². The molecular weight excluding hydrogens is 395 g/mol. The van der Waals surface area contributed by atoms with Gasteiger partial charge in [-0.3, -0.25) is 4.79 Å². The Morgan fingerprint density at radius 1 is 1.00 bits per heavy atom. The van der Waals surface area contributed by atoms with Crippen molar-refractivity contribution in [3.8, 4) is 16.9 Å². The smallest absolute Gasteiger partial charge is 0.258 e. The van der Waals surface area contributed by atoms with Crippen molar-refractivity contribution in [1.82, 2.24) is 0 Å². The molecule has 3 aromatic rings. The molecule has 0 aliphatic rings. The highest BCUT2D eigenvalue weighted by Gasteiger charge is 2.18. The predicted octanol–water partition coefficient (Wildman–Crippen LogP) is 6.20. The lowest BCUT2D eigenvalue weighted by atomic mass is 10.0. The number of hydrogen-bond acceptors (Lipinski definition) is 2. The summed E-state index contributed by atoms with van der Waals surface area (Å²) in [6, 6.07) is 12.8. The third-order valence-electron chi connectivity index (χ3n) is 3.88. The summed E-state index contributed by atoms with van der Waals surface area (Å²) < 4.78 is 32.8. The van der Waals surface area contributed by atoms with E-state index in [-0.39, 0.29) is 21.3 Å². The molecule has 3 aromatic carbocycles. The van der Waals surface area contributed by atoms with E-state index in [1.165, 1.54) is 43.5 Å². The second-order valence-corrected chi connectivity index (χ2v) is 6.38. The van der Waals surface area contributed by atoms with Gasteiger partial charge in [0.1, 0.15) is 22.4 Å². The molecule has 3 rings (SSSR count). The Kier molecular flexibility index (Phi) is 5.63. The van der Waals surface area contributed by atoms with Crippen LogP contribution in [-0.4, -0.2) is 13.0 Å². The number of nitrogens with one attached hydrogen (secondary N) is 1. The van der Waals surface area contributed by atoms with E-state index < -0.39 is 17.5 Å². The molecule has 0 aromatic heterocycles. The Balaban J connectivity index is 1.97. The number of methoxy groups -OCH3 is 1. The number of anilines is 1. The van der Waals surface area contributed by atoms with Crippen molar-refractivity contribution in [3.63, 3.8) is 0 Å². The quantitative estimate of drug-likeness (QED) is 0.558. The third kappa shape index (κ3) is 4.04. The van der Waals surface area contributed by atoms with E-state index in [1.807, 2.05) is 0 Å². The third-order valence-corrected chi connectivity index (χ3v) is 4.57. The first-order chi connectivity index (χ1) is 12.9. The van der Waals surface area contributed by atoms with Crippen LogP contribution in [0, 0.1) is 11.6 Å². The highest BCUT2D eigenvalue weighted by molar-refractivity contribution is 6.41. The van der Waals surface area contributed by atoms with Crippen molar-refractivity contribution in [2.45, 2.75) is 0 Å². The molecule has 0 saturated heterocycles. The number of amides is 1. The Hall–Kier alpha value is -2.63. The molecule has 0 heterocycles. The molecule has 0 atom stereocenters.